The summed E-state index contributed by atoms with van der Waals surface area (Å²) < 4.78 is 6.88. The van der Waals surface area contributed by atoms with Crippen molar-refractivity contribution in [3.05, 3.63) is 45.2 Å². The number of nitrogens with zero attached hydrogens (tertiary/aromatic N) is 4. The number of thioether (sulfide) groups is 1. The van der Waals surface area contributed by atoms with Crippen LogP contribution in [0.4, 0.5) is 5.82 Å². The van der Waals surface area contributed by atoms with E-state index in [1.165, 1.54) is 10.5 Å². The van der Waals surface area contributed by atoms with Crippen molar-refractivity contribution in [2.45, 2.75) is 45.7 Å². The average Bonchev–Trinajstić information content (AvgIpc) is 3.14. The maximum Gasteiger partial charge on any atom is 0.308 e. The molecule has 2 fully saturated rings. The van der Waals surface area contributed by atoms with Crippen LogP contribution < -0.4 is 15.8 Å². The van der Waals surface area contributed by atoms with Crippen LogP contribution in [0.15, 0.2) is 34.1 Å². The summed E-state index contributed by atoms with van der Waals surface area (Å²) in [5.41, 5.74) is 0.125. The quantitative estimate of drug-likeness (QED) is 0.327. The Balaban J connectivity index is 1.86. The predicted molar refractivity (Wildman–Crippen MR) is 142 cm³/mol. The number of carbonyl (C=O) groups excluding carboxylic acids is 3. The van der Waals surface area contributed by atoms with Crippen molar-refractivity contribution in [3.8, 4) is 0 Å². The van der Waals surface area contributed by atoms with Crippen LogP contribution in [0.3, 0.4) is 0 Å². The molecule has 0 saturated carbocycles. The number of anilines is 1. The van der Waals surface area contributed by atoms with Gasteiger partial charge in [-0.2, -0.15) is 0 Å². The van der Waals surface area contributed by atoms with E-state index >= 15 is 0 Å². The highest BCUT2D eigenvalue weighted by atomic mass is 32.2. The Kier molecular flexibility index (Phi) is 7.74. The lowest BCUT2D eigenvalue weighted by atomic mass is 10.1. The van der Waals surface area contributed by atoms with E-state index in [4.69, 9.17) is 21.9 Å². The summed E-state index contributed by atoms with van der Waals surface area (Å²) in [6.07, 6.45) is 3.61. The van der Waals surface area contributed by atoms with Gasteiger partial charge in [0, 0.05) is 25.3 Å². The lowest BCUT2D eigenvalue weighted by Crippen LogP contribution is -2.57. The minimum Gasteiger partial charge on any atom is -0.466 e. The van der Waals surface area contributed by atoms with Crippen LogP contribution in [0.5, 0.6) is 0 Å². The number of esters is 1. The summed E-state index contributed by atoms with van der Waals surface area (Å²) in [6.45, 7) is 6.39. The molecule has 2 atom stereocenters. The van der Waals surface area contributed by atoms with E-state index in [2.05, 4.69) is 5.32 Å². The van der Waals surface area contributed by atoms with E-state index < -0.39 is 17.6 Å². The van der Waals surface area contributed by atoms with Gasteiger partial charge in [-0.3, -0.25) is 28.5 Å². The summed E-state index contributed by atoms with van der Waals surface area (Å²) in [5, 5.41) is 2.76. The van der Waals surface area contributed by atoms with Gasteiger partial charge >= 0.3 is 5.97 Å². The summed E-state index contributed by atoms with van der Waals surface area (Å²) in [7, 11) is 0. The molecule has 4 rings (SSSR count). The first-order valence-corrected chi connectivity index (χ1v) is 13.0. The predicted octanol–water partition coefficient (Wildman–Crippen LogP) is 1.95. The number of ether oxygens (including phenoxy) is 1. The average molecular weight is 530 g/mol. The lowest BCUT2D eigenvalue weighted by Gasteiger charge is -2.36. The van der Waals surface area contributed by atoms with Gasteiger partial charge in [-0.15, -0.1) is 0 Å². The van der Waals surface area contributed by atoms with Crippen LogP contribution >= 0.6 is 24.0 Å². The Morgan fingerprint density at radius 1 is 1.33 bits per heavy atom. The molecule has 10 nitrogen and oxygen atoms in total. The first-order valence-electron chi connectivity index (χ1n) is 11.7. The Labute approximate surface area is 217 Å². The molecule has 0 unspecified atom stereocenters. The number of fused-ring (bicyclic) bond motifs is 1. The topological polar surface area (TPSA) is 113 Å². The number of thiocarbonyl (C=S) groups is 1. The van der Waals surface area contributed by atoms with Crippen LogP contribution in [0.1, 0.15) is 39.2 Å². The zero-order valence-corrected chi connectivity index (χ0v) is 21.9. The highest BCUT2D eigenvalue weighted by Crippen LogP contribution is 2.35. The number of pyridine rings is 1. The fourth-order valence-corrected chi connectivity index (χ4v) is 5.60. The van der Waals surface area contributed by atoms with Gasteiger partial charge in [0.25, 0.3) is 11.5 Å². The number of amides is 2. The van der Waals surface area contributed by atoms with Crippen molar-refractivity contribution >= 4 is 63.6 Å². The molecule has 2 aliphatic rings. The smallest absolute Gasteiger partial charge is 0.308 e. The van der Waals surface area contributed by atoms with Crippen LogP contribution in [-0.2, 0) is 19.1 Å². The van der Waals surface area contributed by atoms with Crippen molar-refractivity contribution in [1.82, 2.24) is 19.6 Å². The maximum atomic E-state index is 13.6. The molecule has 0 bridgehead atoms. The van der Waals surface area contributed by atoms with Crippen LogP contribution in [0.2, 0.25) is 0 Å². The first-order chi connectivity index (χ1) is 17.3. The molecule has 0 aliphatic carbocycles. The Morgan fingerprint density at radius 3 is 2.83 bits per heavy atom. The molecule has 1 N–H and O–H groups in total. The molecule has 190 valence electrons. The van der Waals surface area contributed by atoms with Gasteiger partial charge in [-0.25, -0.2) is 4.98 Å². The second-order valence-electron chi connectivity index (χ2n) is 8.40. The molecular weight excluding hydrogens is 502 g/mol. The van der Waals surface area contributed by atoms with Crippen LogP contribution in [0, 0.1) is 0 Å². The number of hydrogen-bond donors (Lipinski definition) is 1. The molecule has 0 aromatic carbocycles. The number of carbonyl (C=O) groups is 3. The SMILES string of the molecule is CCOC(=O)C[C@H]1C(=O)NCCN1c1nc2ccccn2c(=O)c1/C=C1/SC(=S)N([C@H](C)CC)C1=O. The largest absolute Gasteiger partial charge is 0.466 e. The fraction of sp³-hybridized carbons (Fsp3) is 0.417. The number of hydrogen-bond acceptors (Lipinski definition) is 9. The zero-order chi connectivity index (χ0) is 26.0. The van der Waals surface area contributed by atoms with Crippen LogP contribution in [0.25, 0.3) is 11.7 Å². The van der Waals surface area contributed by atoms with Crippen LogP contribution in [-0.4, -0.2) is 68.2 Å². The highest BCUT2D eigenvalue weighted by molar-refractivity contribution is 8.26. The number of piperazine rings is 1. The molecule has 0 radical (unpaired) electrons. The van der Waals surface area contributed by atoms with E-state index in [-0.39, 0.29) is 42.3 Å². The van der Waals surface area contributed by atoms with E-state index in [0.717, 1.165) is 18.2 Å². The van der Waals surface area contributed by atoms with Gasteiger partial charge in [-0.1, -0.05) is 37.0 Å². The summed E-state index contributed by atoms with van der Waals surface area (Å²) in [5.74, 6) is -0.942. The fourth-order valence-electron chi connectivity index (χ4n) is 4.16. The van der Waals surface area contributed by atoms with Crippen molar-refractivity contribution in [2.24, 2.45) is 0 Å². The minimum atomic E-state index is -0.919. The lowest BCUT2D eigenvalue weighted by molar-refractivity contribution is -0.145. The molecule has 2 amide bonds. The van der Waals surface area contributed by atoms with Crippen molar-refractivity contribution in [3.63, 3.8) is 0 Å². The number of rotatable bonds is 7. The minimum absolute atomic E-state index is 0.0848. The van der Waals surface area contributed by atoms with Crippen molar-refractivity contribution in [2.75, 3.05) is 24.6 Å². The van der Waals surface area contributed by atoms with Gasteiger partial charge in [0.1, 0.15) is 21.8 Å². The van der Waals surface area contributed by atoms with E-state index in [0.29, 0.717) is 28.0 Å². The third-order valence-corrected chi connectivity index (χ3v) is 7.48. The van der Waals surface area contributed by atoms with Gasteiger partial charge in [0.2, 0.25) is 5.91 Å². The van der Waals surface area contributed by atoms with Gasteiger partial charge < -0.3 is 15.0 Å². The first kappa shape index (κ1) is 25.8. The van der Waals surface area contributed by atoms with Gasteiger partial charge in [0.05, 0.1) is 23.5 Å². The van der Waals surface area contributed by atoms with Crippen molar-refractivity contribution in [1.29, 1.82) is 0 Å². The second-order valence-corrected chi connectivity index (χ2v) is 10.1. The summed E-state index contributed by atoms with van der Waals surface area (Å²) in [6, 6.07) is 4.14. The summed E-state index contributed by atoms with van der Waals surface area (Å²) >= 11 is 6.57. The number of aromatic nitrogens is 2. The van der Waals surface area contributed by atoms with Gasteiger partial charge in [-0.05, 0) is 38.5 Å². The number of nitrogens with one attached hydrogen (secondary N) is 1. The molecule has 0 spiro atoms. The van der Waals surface area contributed by atoms with E-state index in [1.807, 2.05) is 13.8 Å². The Hall–Kier alpha value is -3.25. The molecule has 2 saturated heterocycles. The van der Waals surface area contributed by atoms with E-state index in [9.17, 15) is 19.2 Å². The third kappa shape index (κ3) is 4.87. The van der Waals surface area contributed by atoms with Crippen molar-refractivity contribution < 1.29 is 19.1 Å². The highest BCUT2D eigenvalue weighted by Gasteiger charge is 2.37. The molecular formula is C24H27N5O5S2. The molecule has 2 aliphatic heterocycles. The maximum absolute atomic E-state index is 13.6. The monoisotopic (exact) mass is 529 g/mol. The normalized spacial score (nSPS) is 20.2. The molecule has 36 heavy (non-hydrogen) atoms. The Morgan fingerprint density at radius 2 is 2.11 bits per heavy atom. The zero-order valence-electron chi connectivity index (χ0n) is 20.2. The Bertz CT molecular complexity index is 1320. The summed E-state index contributed by atoms with van der Waals surface area (Å²) in [4.78, 5) is 60.1. The standard InChI is InChI=1S/C24H27N5O5S2/c1-4-14(3)29-23(33)17(36-24(29)35)12-15-20(26-18-8-6-7-10-28(18)22(15)32)27-11-9-25-21(31)16(27)13-19(30)34-5-2/h6-8,10,12,14,16H,4-5,9,11,13H2,1-3H3,(H,25,31)/b17-12+/t14-,16+/m1/s1. The van der Waals surface area contributed by atoms with E-state index in [1.54, 1.807) is 41.1 Å². The molecule has 2 aromatic rings. The molecule has 12 heteroatoms. The molecule has 2 aromatic heterocycles. The van der Waals surface area contributed by atoms with Gasteiger partial charge in [0.15, 0.2) is 0 Å². The second kappa shape index (κ2) is 10.8. The molecule has 4 heterocycles. The third-order valence-electron chi connectivity index (χ3n) is 6.15.